The number of fused-ring (bicyclic) bond motifs is 1. The molecule has 0 aliphatic heterocycles. The summed E-state index contributed by atoms with van der Waals surface area (Å²) in [6.45, 7) is -0.420. The summed E-state index contributed by atoms with van der Waals surface area (Å²) in [5.41, 5.74) is 0.692. The maximum Gasteiger partial charge on any atom is 0.292 e. The summed E-state index contributed by atoms with van der Waals surface area (Å²) in [4.78, 5) is 0. The van der Waals surface area contributed by atoms with Gasteiger partial charge >= 0.3 is 0 Å². The van der Waals surface area contributed by atoms with E-state index in [0.717, 1.165) is 5.39 Å². The van der Waals surface area contributed by atoms with Crippen LogP contribution in [0, 0.1) is 0 Å². The van der Waals surface area contributed by atoms with E-state index in [9.17, 15) is 13.0 Å². The topological polar surface area (TPSA) is 83.2 Å². The van der Waals surface area contributed by atoms with Gasteiger partial charge in [-0.25, -0.2) is 12.6 Å². The van der Waals surface area contributed by atoms with E-state index in [1.165, 1.54) is 10.9 Å². The van der Waals surface area contributed by atoms with Crippen molar-refractivity contribution >= 4 is 21.3 Å². The fraction of sp³-hybridized carbons (Fsp3) is 0.111. The van der Waals surface area contributed by atoms with Crippen molar-refractivity contribution in [2.24, 2.45) is 0 Å². The monoisotopic (exact) mass is 240 g/mol. The molecule has 0 spiro atoms. The van der Waals surface area contributed by atoms with Gasteiger partial charge in [-0.05, 0) is 6.07 Å². The number of hydrogen-bond donors (Lipinski definition) is 0. The van der Waals surface area contributed by atoms with Gasteiger partial charge in [0.25, 0.3) is 6.73 Å². The van der Waals surface area contributed by atoms with Crippen LogP contribution in [-0.4, -0.2) is 18.1 Å². The lowest BCUT2D eigenvalue weighted by atomic mass is 10.2. The Morgan fingerprint density at radius 2 is 2.06 bits per heavy atom. The molecule has 0 bridgehead atoms. The minimum atomic E-state index is -4.69. The van der Waals surface area contributed by atoms with E-state index in [-0.39, 0.29) is 0 Å². The van der Waals surface area contributed by atoms with Crippen LogP contribution in [0.4, 0.5) is 0 Å². The highest BCUT2D eigenvalue weighted by Gasteiger charge is 2.06. The van der Waals surface area contributed by atoms with Gasteiger partial charge in [-0.1, -0.05) is 22.9 Å². The Morgan fingerprint density at radius 1 is 1.31 bits per heavy atom. The fourth-order valence-electron chi connectivity index (χ4n) is 1.25. The Labute approximate surface area is 92.0 Å². The van der Waals surface area contributed by atoms with Crippen LogP contribution in [0.5, 0.6) is 0 Å². The van der Waals surface area contributed by atoms with Crippen molar-refractivity contribution < 1.29 is 21.8 Å². The molecule has 2 rings (SSSR count). The smallest absolute Gasteiger partial charge is 0.292 e. The molecule has 1 heterocycles. The van der Waals surface area contributed by atoms with Crippen LogP contribution in [-0.2, 0) is 21.3 Å². The normalized spacial score (nSPS) is 11.8. The Morgan fingerprint density at radius 3 is 2.81 bits per heavy atom. The molecule has 0 aliphatic rings. The van der Waals surface area contributed by atoms with Crippen molar-refractivity contribution in [3.8, 4) is 0 Å². The van der Waals surface area contributed by atoms with Gasteiger partial charge in [-0.15, -0.1) is 0 Å². The minimum absolute atomic E-state index is 0.420. The Bertz CT molecular complexity index is 612. The van der Waals surface area contributed by atoms with Crippen LogP contribution in [0.3, 0.4) is 0 Å². The number of aromatic nitrogens is 2. The third-order valence-corrected chi connectivity index (χ3v) is 2.32. The molecular formula is C9H8N2O4S. The number of hydrogen-bond acceptors (Lipinski definition) is 5. The van der Waals surface area contributed by atoms with Gasteiger partial charge in [0, 0.05) is 16.6 Å². The van der Waals surface area contributed by atoms with Crippen molar-refractivity contribution in [1.82, 2.24) is 5.10 Å². The van der Waals surface area contributed by atoms with E-state index in [1.807, 2.05) is 18.2 Å². The first-order chi connectivity index (χ1) is 7.54. The summed E-state index contributed by atoms with van der Waals surface area (Å²) < 4.78 is 36.1. The van der Waals surface area contributed by atoms with E-state index in [0.29, 0.717) is 5.52 Å². The van der Waals surface area contributed by atoms with Crippen LogP contribution in [0.1, 0.15) is 0 Å². The molecule has 0 saturated heterocycles. The van der Waals surface area contributed by atoms with Crippen molar-refractivity contribution in [2.45, 2.75) is 6.73 Å². The molecular weight excluding hydrogens is 232 g/mol. The summed E-state index contributed by atoms with van der Waals surface area (Å²) in [5.74, 6) is 0. The molecule has 0 amide bonds. The third kappa shape index (κ3) is 2.72. The van der Waals surface area contributed by atoms with Gasteiger partial charge in [-0.3, -0.25) is 0 Å². The molecule has 0 N–H and O–H groups in total. The van der Waals surface area contributed by atoms with E-state index < -0.39 is 17.1 Å². The predicted octanol–water partition coefficient (Wildman–Crippen LogP) is -0.0434. The molecule has 0 aliphatic carbocycles. The molecule has 84 valence electrons. The zero-order valence-electron chi connectivity index (χ0n) is 8.11. The Kier molecular flexibility index (Phi) is 2.82. The second-order valence-corrected chi connectivity index (χ2v) is 4.12. The first-order valence-electron chi connectivity index (χ1n) is 4.40. The van der Waals surface area contributed by atoms with Crippen LogP contribution in [0.2, 0.25) is 0 Å². The summed E-state index contributed by atoms with van der Waals surface area (Å²) in [5, 5.41) is 4.99. The van der Waals surface area contributed by atoms with Crippen molar-refractivity contribution in [3.63, 3.8) is 0 Å². The Hall–Kier alpha value is -1.57. The van der Waals surface area contributed by atoms with Gasteiger partial charge in [0.2, 0.25) is 10.4 Å². The van der Waals surface area contributed by atoms with Crippen LogP contribution >= 0.6 is 0 Å². The zero-order valence-corrected chi connectivity index (χ0v) is 8.92. The number of rotatable bonds is 3. The second kappa shape index (κ2) is 4.12. The molecule has 0 unspecified atom stereocenters. The third-order valence-electron chi connectivity index (χ3n) is 1.93. The van der Waals surface area contributed by atoms with E-state index in [2.05, 4.69) is 9.28 Å². The standard InChI is InChI=1S/C9H8N2O4S/c12-16(13,14)15-7-11-6-5-8-3-1-2-4-9(8)10-11/h1-6H,7H2. The highest BCUT2D eigenvalue weighted by Crippen LogP contribution is 2.06. The van der Waals surface area contributed by atoms with Gasteiger partial charge < -0.3 is 4.55 Å². The maximum absolute atomic E-state index is 10.2. The first-order valence-corrected chi connectivity index (χ1v) is 5.74. The van der Waals surface area contributed by atoms with Crippen molar-refractivity contribution in [1.29, 1.82) is 0 Å². The van der Waals surface area contributed by atoms with Gasteiger partial charge in [-0.2, -0.15) is 0 Å². The average Bonchev–Trinajstić information content (AvgIpc) is 2.25. The number of benzene rings is 1. The molecule has 6 nitrogen and oxygen atoms in total. The molecule has 1 aromatic carbocycles. The summed E-state index contributed by atoms with van der Waals surface area (Å²) >= 11 is 0. The molecule has 0 atom stereocenters. The quantitative estimate of drug-likeness (QED) is 0.427. The lowest BCUT2D eigenvalue weighted by molar-refractivity contribution is -0.776. The molecule has 7 heteroatoms. The van der Waals surface area contributed by atoms with Crippen LogP contribution < -0.4 is 4.68 Å². The molecule has 0 radical (unpaired) electrons. The molecule has 0 fully saturated rings. The minimum Gasteiger partial charge on any atom is -0.725 e. The molecule has 0 saturated carbocycles. The van der Waals surface area contributed by atoms with Crippen LogP contribution in [0.15, 0.2) is 36.5 Å². The Balaban J connectivity index is 2.26. The molecule has 1 aromatic heterocycles. The highest BCUT2D eigenvalue weighted by molar-refractivity contribution is 7.80. The maximum atomic E-state index is 10.2. The lowest BCUT2D eigenvalue weighted by Gasteiger charge is -2.02. The summed E-state index contributed by atoms with van der Waals surface area (Å²) in [6, 6.07) is 9.08. The lowest BCUT2D eigenvalue weighted by Crippen LogP contribution is -2.39. The first kappa shape index (κ1) is 10.9. The fourth-order valence-corrected chi connectivity index (χ4v) is 1.49. The second-order valence-electron chi connectivity index (χ2n) is 3.07. The summed E-state index contributed by atoms with van der Waals surface area (Å²) in [7, 11) is -4.69. The van der Waals surface area contributed by atoms with Gasteiger partial charge in [0.1, 0.15) is 5.52 Å². The van der Waals surface area contributed by atoms with E-state index >= 15 is 0 Å². The largest absolute Gasteiger partial charge is 0.725 e. The number of nitrogens with zero attached hydrogens (tertiary/aromatic N) is 2. The van der Waals surface area contributed by atoms with Crippen LogP contribution in [0.25, 0.3) is 10.9 Å². The molecule has 2 aromatic rings. The molecule has 16 heavy (non-hydrogen) atoms. The zero-order chi connectivity index (χ0) is 11.6. The van der Waals surface area contributed by atoms with Gasteiger partial charge in [0.15, 0.2) is 6.20 Å². The van der Waals surface area contributed by atoms with Crippen molar-refractivity contribution in [3.05, 3.63) is 36.5 Å². The SMILES string of the molecule is O=S(=O)([O-])OC[n+]1ccc2ccccc2n1. The average molecular weight is 240 g/mol. The van der Waals surface area contributed by atoms with E-state index in [4.69, 9.17) is 0 Å². The summed E-state index contributed by atoms with van der Waals surface area (Å²) in [6.07, 6.45) is 1.54. The van der Waals surface area contributed by atoms with Crippen molar-refractivity contribution in [2.75, 3.05) is 0 Å². The van der Waals surface area contributed by atoms with Gasteiger partial charge in [0.05, 0.1) is 0 Å². The van der Waals surface area contributed by atoms with E-state index in [1.54, 1.807) is 12.1 Å². The predicted molar refractivity (Wildman–Crippen MR) is 52.7 cm³/mol. The highest BCUT2D eigenvalue weighted by atomic mass is 32.3.